The summed E-state index contributed by atoms with van der Waals surface area (Å²) in [4.78, 5) is 0. The first-order chi connectivity index (χ1) is 8.35. The summed E-state index contributed by atoms with van der Waals surface area (Å²) < 4.78 is 23.5. The monoisotopic (exact) mass is 240 g/mol. The molecule has 2 aliphatic heterocycles. The normalized spacial score (nSPS) is 53.6. The summed E-state index contributed by atoms with van der Waals surface area (Å²) in [5.41, 5.74) is 0. The summed E-state index contributed by atoms with van der Waals surface area (Å²) in [5, 5.41) is 0. The largest absolute Gasteiger partial charge is 0.413 e. The second kappa shape index (κ2) is 3.92. The van der Waals surface area contributed by atoms with Crippen LogP contribution in [0.15, 0.2) is 0 Å². The number of fused-ring (bicyclic) bond motifs is 2. The van der Waals surface area contributed by atoms with Gasteiger partial charge < -0.3 is 9.47 Å². The molecule has 0 radical (unpaired) electrons. The molecule has 2 heterocycles. The lowest BCUT2D eigenvalue weighted by molar-refractivity contribution is -0.553. The summed E-state index contributed by atoms with van der Waals surface area (Å²) in [6, 6.07) is 0. The molecule has 1 spiro atoms. The van der Waals surface area contributed by atoms with E-state index in [1.807, 2.05) is 0 Å². The molecule has 3 unspecified atom stereocenters. The van der Waals surface area contributed by atoms with Crippen molar-refractivity contribution in [3.05, 3.63) is 0 Å². The minimum absolute atomic E-state index is 0.279. The lowest BCUT2D eigenvalue weighted by atomic mass is 10.1. The van der Waals surface area contributed by atoms with Crippen LogP contribution in [0.3, 0.4) is 0 Å². The lowest BCUT2D eigenvalue weighted by Gasteiger charge is -2.45. The Bertz CT molecular complexity index is 276. The molecule has 4 aliphatic rings. The number of ether oxygens (including phenoxy) is 4. The van der Waals surface area contributed by atoms with Crippen LogP contribution in [0.5, 0.6) is 0 Å². The van der Waals surface area contributed by atoms with Gasteiger partial charge >= 0.3 is 6.16 Å². The predicted octanol–water partition coefficient (Wildman–Crippen LogP) is 2.03. The topological polar surface area (TPSA) is 36.9 Å². The number of rotatable bonds is 0. The van der Waals surface area contributed by atoms with E-state index in [1.54, 1.807) is 0 Å². The quantitative estimate of drug-likeness (QED) is 0.649. The molecule has 4 rings (SSSR count). The fourth-order valence-corrected chi connectivity index (χ4v) is 3.69. The minimum atomic E-state index is -1.16. The molecular weight excluding hydrogens is 220 g/mol. The molecule has 4 fully saturated rings. The van der Waals surface area contributed by atoms with Crippen LogP contribution in [-0.4, -0.2) is 31.6 Å². The Morgan fingerprint density at radius 2 is 1.24 bits per heavy atom. The second-order valence-electron chi connectivity index (χ2n) is 5.82. The minimum Gasteiger partial charge on any atom is -0.303 e. The third kappa shape index (κ3) is 1.73. The zero-order valence-corrected chi connectivity index (χ0v) is 10.1. The molecule has 0 aromatic carbocycles. The maximum atomic E-state index is 5.98. The summed E-state index contributed by atoms with van der Waals surface area (Å²) in [5.74, 6) is 1.10. The Labute approximate surface area is 102 Å². The summed E-state index contributed by atoms with van der Waals surface area (Å²) in [6.45, 7) is 1.45. The SMILES string of the molecule is C1CC2COC3(OC[C@@H]4CCC[C@H]4O3)OC2C1. The van der Waals surface area contributed by atoms with Gasteiger partial charge in [0.15, 0.2) is 0 Å². The van der Waals surface area contributed by atoms with Crippen molar-refractivity contribution in [1.29, 1.82) is 0 Å². The molecule has 2 saturated carbocycles. The molecule has 0 bridgehead atoms. The molecular formula is C13H20O4. The molecule has 0 amide bonds. The third-order valence-corrected chi connectivity index (χ3v) is 4.72. The zero-order chi connectivity index (χ0) is 11.3. The fourth-order valence-electron chi connectivity index (χ4n) is 3.69. The van der Waals surface area contributed by atoms with E-state index < -0.39 is 6.16 Å². The standard InChI is InChI=1S/C13H20O4/c1-3-9-7-14-13(16-11(9)5-1)15-8-10-4-2-6-12(10)17-13/h9-12H,1-8H2/t9-,10?,11+,12?,13?/m0/s1. The third-order valence-electron chi connectivity index (χ3n) is 4.72. The summed E-state index contributed by atoms with van der Waals surface area (Å²) in [7, 11) is 0. The van der Waals surface area contributed by atoms with E-state index in [4.69, 9.17) is 18.9 Å². The predicted molar refractivity (Wildman–Crippen MR) is 59.1 cm³/mol. The van der Waals surface area contributed by atoms with Crippen LogP contribution in [0.25, 0.3) is 0 Å². The number of hydrogen-bond donors (Lipinski definition) is 0. The van der Waals surface area contributed by atoms with Crippen molar-refractivity contribution in [3.8, 4) is 0 Å². The number of hydrogen-bond acceptors (Lipinski definition) is 4. The van der Waals surface area contributed by atoms with E-state index in [1.165, 1.54) is 25.7 Å². The van der Waals surface area contributed by atoms with E-state index >= 15 is 0 Å². The van der Waals surface area contributed by atoms with E-state index in [9.17, 15) is 0 Å². The molecule has 17 heavy (non-hydrogen) atoms. The first-order valence-corrected chi connectivity index (χ1v) is 6.98. The molecule has 0 aromatic rings. The van der Waals surface area contributed by atoms with Crippen LogP contribution in [0.2, 0.25) is 0 Å². The average molecular weight is 240 g/mol. The van der Waals surface area contributed by atoms with Crippen molar-refractivity contribution < 1.29 is 18.9 Å². The lowest BCUT2D eigenvalue weighted by Crippen LogP contribution is -2.56. The molecule has 96 valence electrons. The molecule has 2 aliphatic carbocycles. The van der Waals surface area contributed by atoms with Gasteiger partial charge in [-0.15, -0.1) is 0 Å². The van der Waals surface area contributed by atoms with Crippen molar-refractivity contribution in [2.24, 2.45) is 11.8 Å². The smallest absolute Gasteiger partial charge is 0.303 e. The Balaban J connectivity index is 1.49. The van der Waals surface area contributed by atoms with E-state index in [0.717, 1.165) is 26.1 Å². The Kier molecular flexibility index (Phi) is 2.47. The van der Waals surface area contributed by atoms with Crippen molar-refractivity contribution in [2.45, 2.75) is 56.9 Å². The van der Waals surface area contributed by atoms with Gasteiger partial charge in [0.25, 0.3) is 0 Å². The highest BCUT2D eigenvalue weighted by molar-refractivity contribution is 4.85. The van der Waals surface area contributed by atoms with Crippen LogP contribution in [0.4, 0.5) is 0 Å². The molecule has 4 heteroatoms. The van der Waals surface area contributed by atoms with Gasteiger partial charge in [0.1, 0.15) is 0 Å². The van der Waals surface area contributed by atoms with Crippen molar-refractivity contribution in [1.82, 2.24) is 0 Å². The van der Waals surface area contributed by atoms with Gasteiger partial charge in [-0.1, -0.05) is 12.8 Å². The van der Waals surface area contributed by atoms with Gasteiger partial charge in [-0.3, -0.25) is 9.47 Å². The summed E-state index contributed by atoms with van der Waals surface area (Å²) >= 11 is 0. The Morgan fingerprint density at radius 1 is 0.706 bits per heavy atom. The maximum Gasteiger partial charge on any atom is 0.413 e. The van der Waals surface area contributed by atoms with Crippen molar-refractivity contribution in [2.75, 3.05) is 13.2 Å². The molecule has 5 atom stereocenters. The van der Waals surface area contributed by atoms with Crippen LogP contribution >= 0.6 is 0 Å². The highest BCUT2D eigenvalue weighted by atomic mass is 17.0. The molecule has 0 aromatic heterocycles. The fraction of sp³-hybridized carbons (Fsp3) is 1.00. The molecule has 0 N–H and O–H groups in total. The summed E-state index contributed by atoms with van der Waals surface area (Å²) in [6.07, 6.45) is 6.55. The maximum absolute atomic E-state index is 5.98. The Hall–Kier alpha value is -0.160. The zero-order valence-electron chi connectivity index (χ0n) is 10.1. The first-order valence-electron chi connectivity index (χ1n) is 6.98. The second-order valence-corrected chi connectivity index (χ2v) is 5.82. The van der Waals surface area contributed by atoms with Gasteiger partial charge in [-0.2, -0.15) is 0 Å². The molecule has 4 nitrogen and oxygen atoms in total. The van der Waals surface area contributed by atoms with Gasteiger partial charge in [-0.05, 0) is 25.7 Å². The van der Waals surface area contributed by atoms with Crippen LogP contribution in [-0.2, 0) is 18.9 Å². The van der Waals surface area contributed by atoms with Crippen molar-refractivity contribution >= 4 is 0 Å². The van der Waals surface area contributed by atoms with E-state index in [2.05, 4.69) is 0 Å². The highest BCUT2D eigenvalue weighted by Gasteiger charge is 2.53. The van der Waals surface area contributed by atoms with Crippen LogP contribution in [0, 0.1) is 11.8 Å². The highest BCUT2D eigenvalue weighted by Crippen LogP contribution is 2.44. The van der Waals surface area contributed by atoms with Gasteiger partial charge in [0.05, 0.1) is 25.4 Å². The van der Waals surface area contributed by atoms with Crippen LogP contribution in [0.1, 0.15) is 38.5 Å². The van der Waals surface area contributed by atoms with E-state index in [-0.39, 0.29) is 12.2 Å². The van der Waals surface area contributed by atoms with Gasteiger partial charge in [-0.25, -0.2) is 0 Å². The van der Waals surface area contributed by atoms with Crippen LogP contribution < -0.4 is 0 Å². The molecule has 2 saturated heterocycles. The average Bonchev–Trinajstić information content (AvgIpc) is 2.95. The van der Waals surface area contributed by atoms with Crippen molar-refractivity contribution in [3.63, 3.8) is 0 Å². The van der Waals surface area contributed by atoms with E-state index in [0.29, 0.717) is 11.8 Å². The van der Waals surface area contributed by atoms with Gasteiger partial charge in [0.2, 0.25) is 0 Å². The van der Waals surface area contributed by atoms with Gasteiger partial charge in [0, 0.05) is 11.8 Å². The first kappa shape index (κ1) is 10.7. The Morgan fingerprint density at radius 3 is 1.76 bits per heavy atom.